The number of aliphatic hydroxyl groups excluding tert-OH is 1. The SMILES string of the molecule is CCOC(=O)c1ccc(-c2ccc(OCCNC[C@H](O)c3ccc(O)c(S(C)(=O)=O)c3N)cc2)cc1. The molecular formula is C26H30N2O7S. The molecule has 3 rings (SSSR count). The number of phenolic OH excluding ortho intramolecular Hbond substituents is 1. The van der Waals surface area contributed by atoms with Crippen molar-refractivity contribution in [2.75, 3.05) is 38.3 Å². The molecule has 10 heteroatoms. The Morgan fingerprint density at radius 3 is 2.22 bits per heavy atom. The maximum atomic E-state index is 11.9. The molecule has 0 aliphatic carbocycles. The fourth-order valence-electron chi connectivity index (χ4n) is 3.63. The second kappa shape index (κ2) is 11.9. The number of phenols is 1. The largest absolute Gasteiger partial charge is 0.507 e. The van der Waals surface area contributed by atoms with Gasteiger partial charge in [-0.25, -0.2) is 13.2 Å². The van der Waals surface area contributed by atoms with Crippen LogP contribution in [0, 0.1) is 0 Å². The normalized spacial score (nSPS) is 12.2. The van der Waals surface area contributed by atoms with Crippen LogP contribution in [0.5, 0.6) is 11.5 Å². The number of esters is 1. The highest BCUT2D eigenvalue weighted by Gasteiger charge is 2.22. The molecule has 0 radical (unpaired) electrons. The van der Waals surface area contributed by atoms with Gasteiger partial charge in [0.15, 0.2) is 9.84 Å². The zero-order valence-electron chi connectivity index (χ0n) is 20.1. The zero-order valence-corrected chi connectivity index (χ0v) is 20.9. The van der Waals surface area contributed by atoms with Crippen LogP contribution in [-0.2, 0) is 14.6 Å². The Kier molecular flexibility index (Phi) is 8.92. The molecule has 0 aromatic heterocycles. The van der Waals surface area contributed by atoms with Crippen LogP contribution >= 0.6 is 0 Å². The lowest BCUT2D eigenvalue weighted by Gasteiger charge is -2.17. The van der Waals surface area contributed by atoms with E-state index in [4.69, 9.17) is 15.2 Å². The van der Waals surface area contributed by atoms with Gasteiger partial charge >= 0.3 is 5.97 Å². The van der Waals surface area contributed by atoms with E-state index in [1.807, 2.05) is 36.4 Å². The van der Waals surface area contributed by atoms with Crippen molar-refractivity contribution in [2.24, 2.45) is 0 Å². The van der Waals surface area contributed by atoms with Crippen molar-refractivity contribution in [2.45, 2.75) is 17.9 Å². The van der Waals surface area contributed by atoms with Gasteiger partial charge in [-0.15, -0.1) is 0 Å². The molecular weight excluding hydrogens is 484 g/mol. The first-order valence-electron chi connectivity index (χ1n) is 11.3. The van der Waals surface area contributed by atoms with Gasteiger partial charge in [0.1, 0.15) is 23.0 Å². The van der Waals surface area contributed by atoms with Crippen LogP contribution in [0.3, 0.4) is 0 Å². The third-order valence-electron chi connectivity index (χ3n) is 5.41. The number of ether oxygens (including phenoxy) is 2. The van der Waals surface area contributed by atoms with E-state index in [2.05, 4.69) is 5.32 Å². The van der Waals surface area contributed by atoms with Crippen molar-refractivity contribution in [1.29, 1.82) is 0 Å². The molecule has 0 unspecified atom stereocenters. The Balaban J connectivity index is 1.48. The Labute approximate surface area is 210 Å². The summed E-state index contributed by atoms with van der Waals surface area (Å²) in [6.45, 7) is 2.96. The summed E-state index contributed by atoms with van der Waals surface area (Å²) in [6, 6.07) is 17.3. The van der Waals surface area contributed by atoms with Crippen molar-refractivity contribution >= 4 is 21.5 Å². The van der Waals surface area contributed by atoms with Gasteiger partial charge in [-0.05, 0) is 48.4 Å². The number of nitrogens with two attached hydrogens (primary N) is 1. The summed E-state index contributed by atoms with van der Waals surface area (Å²) < 4.78 is 34.5. The van der Waals surface area contributed by atoms with Crippen LogP contribution in [0.25, 0.3) is 11.1 Å². The first-order valence-corrected chi connectivity index (χ1v) is 13.2. The third-order valence-corrected chi connectivity index (χ3v) is 6.58. The van der Waals surface area contributed by atoms with Crippen molar-refractivity contribution in [3.8, 4) is 22.6 Å². The van der Waals surface area contributed by atoms with Crippen molar-refractivity contribution in [1.82, 2.24) is 5.32 Å². The summed E-state index contributed by atoms with van der Waals surface area (Å²) in [6.07, 6.45) is -0.126. The van der Waals surface area contributed by atoms with Gasteiger partial charge in [0, 0.05) is 24.9 Å². The molecule has 1 atom stereocenters. The van der Waals surface area contributed by atoms with Crippen molar-refractivity contribution in [3.63, 3.8) is 0 Å². The topological polar surface area (TPSA) is 148 Å². The van der Waals surface area contributed by atoms with Crippen LogP contribution in [-0.4, -0.2) is 57.2 Å². The van der Waals surface area contributed by atoms with Crippen LogP contribution in [0.2, 0.25) is 0 Å². The summed E-state index contributed by atoms with van der Waals surface area (Å²) in [5.74, 6) is -0.129. The quantitative estimate of drug-likeness (QED) is 0.172. The second-order valence-electron chi connectivity index (χ2n) is 8.08. The fourth-order valence-corrected chi connectivity index (χ4v) is 4.60. The van der Waals surface area contributed by atoms with Crippen molar-refractivity contribution in [3.05, 3.63) is 71.8 Å². The number of anilines is 1. The molecule has 0 amide bonds. The molecule has 36 heavy (non-hydrogen) atoms. The molecule has 0 aliphatic rings. The summed E-state index contributed by atoms with van der Waals surface area (Å²) in [5.41, 5.74) is 8.37. The maximum Gasteiger partial charge on any atom is 0.338 e. The van der Waals surface area contributed by atoms with Crippen LogP contribution in [0.15, 0.2) is 65.6 Å². The highest BCUT2D eigenvalue weighted by Crippen LogP contribution is 2.34. The fraction of sp³-hybridized carbons (Fsp3) is 0.269. The maximum absolute atomic E-state index is 11.9. The number of aromatic hydroxyl groups is 1. The van der Waals surface area contributed by atoms with Gasteiger partial charge in [0.2, 0.25) is 0 Å². The Morgan fingerprint density at radius 2 is 1.64 bits per heavy atom. The smallest absolute Gasteiger partial charge is 0.338 e. The Bertz CT molecular complexity index is 1290. The minimum atomic E-state index is -3.75. The van der Waals surface area contributed by atoms with Gasteiger partial charge in [-0.1, -0.05) is 30.3 Å². The molecule has 5 N–H and O–H groups in total. The monoisotopic (exact) mass is 514 g/mol. The first-order chi connectivity index (χ1) is 17.1. The average Bonchev–Trinajstić information content (AvgIpc) is 2.83. The van der Waals surface area contributed by atoms with E-state index in [-0.39, 0.29) is 28.7 Å². The number of hydrogen-bond donors (Lipinski definition) is 4. The van der Waals surface area contributed by atoms with Gasteiger partial charge in [-0.3, -0.25) is 0 Å². The van der Waals surface area contributed by atoms with Crippen molar-refractivity contribution < 1.29 is 32.9 Å². The van der Waals surface area contributed by atoms with Crippen LogP contribution in [0.1, 0.15) is 28.9 Å². The van der Waals surface area contributed by atoms with E-state index < -0.39 is 21.7 Å². The minimum absolute atomic E-state index is 0.113. The summed E-state index contributed by atoms with van der Waals surface area (Å²) in [4.78, 5) is 11.4. The van der Waals surface area contributed by atoms with Gasteiger partial charge in [0.25, 0.3) is 0 Å². The number of sulfone groups is 1. The van der Waals surface area contributed by atoms with Gasteiger partial charge < -0.3 is 30.7 Å². The number of nitrogen functional groups attached to an aromatic ring is 1. The number of carbonyl (C=O) groups is 1. The molecule has 3 aromatic rings. The third kappa shape index (κ3) is 6.75. The molecule has 0 spiro atoms. The predicted molar refractivity (Wildman–Crippen MR) is 137 cm³/mol. The molecule has 0 fully saturated rings. The molecule has 9 nitrogen and oxygen atoms in total. The van der Waals surface area contributed by atoms with Gasteiger partial charge in [0.05, 0.1) is 24.0 Å². The number of carbonyl (C=O) groups excluding carboxylic acids is 1. The van der Waals surface area contributed by atoms with E-state index in [0.29, 0.717) is 31.1 Å². The van der Waals surface area contributed by atoms with E-state index in [1.165, 1.54) is 12.1 Å². The van der Waals surface area contributed by atoms with E-state index >= 15 is 0 Å². The first kappa shape index (κ1) is 27.0. The second-order valence-corrected chi connectivity index (χ2v) is 10.0. The molecule has 3 aromatic carbocycles. The lowest BCUT2D eigenvalue weighted by Crippen LogP contribution is -2.26. The highest BCUT2D eigenvalue weighted by molar-refractivity contribution is 7.91. The Morgan fingerprint density at radius 1 is 1.03 bits per heavy atom. The number of aliphatic hydroxyl groups is 1. The molecule has 0 saturated heterocycles. The van der Waals surface area contributed by atoms with Crippen LogP contribution < -0.4 is 15.8 Å². The molecule has 0 bridgehead atoms. The van der Waals surface area contributed by atoms with Gasteiger partial charge in [-0.2, -0.15) is 0 Å². The number of nitrogens with one attached hydrogen (secondary N) is 1. The lowest BCUT2D eigenvalue weighted by molar-refractivity contribution is 0.0526. The molecule has 0 aliphatic heterocycles. The summed E-state index contributed by atoms with van der Waals surface area (Å²) in [7, 11) is -3.75. The van der Waals surface area contributed by atoms with Crippen LogP contribution in [0.4, 0.5) is 5.69 Å². The minimum Gasteiger partial charge on any atom is -0.507 e. The summed E-state index contributed by atoms with van der Waals surface area (Å²) in [5, 5.41) is 23.3. The average molecular weight is 515 g/mol. The van der Waals surface area contributed by atoms with E-state index in [9.17, 15) is 23.4 Å². The van der Waals surface area contributed by atoms with E-state index in [1.54, 1.807) is 19.1 Å². The zero-order chi connectivity index (χ0) is 26.3. The Hall–Kier alpha value is -3.60. The predicted octanol–water partition coefficient (Wildman–Crippen LogP) is 2.92. The summed E-state index contributed by atoms with van der Waals surface area (Å²) >= 11 is 0. The highest BCUT2D eigenvalue weighted by atomic mass is 32.2. The number of hydrogen-bond acceptors (Lipinski definition) is 9. The number of benzene rings is 3. The lowest BCUT2D eigenvalue weighted by atomic mass is 10.0. The molecule has 0 heterocycles. The molecule has 0 saturated carbocycles. The number of rotatable bonds is 11. The molecule has 192 valence electrons. The standard InChI is InChI=1S/C26H30N2O7S/c1-3-34-26(31)19-6-4-17(5-7-19)18-8-10-20(11-9-18)35-15-14-28-16-23(30)21-12-13-22(29)25(24(21)27)36(2,32)33/h4-13,23,28-30H,3,14-16,27H2,1-2H3/t23-/m0/s1. The van der Waals surface area contributed by atoms with E-state index in [0.717, 1.165) is 17.4 Å².